The molecule has 1 amide bonds. The van der Waals surface area contributed by atoms with Crippen molar-refractivity contribution in [2.45, 2.75) is 63.6 Å². The Morgan fingerprint density at radius 1 is 1.47 bits per heavy atom. The Bertz CT molecular complexity index is 265. The van der Waals surface area contributed by atoms with Crippen molar-refractivity contribution in [1.29, 1.82) is 0 Å². The number of hydrogen-bond donors (Lipinski definition) is 2. The number of carbonyl (C=O) groups excluding carboxylic acids is 1. The molecular formula is C13H25N3O. The van der Waals surface area contributed by atoms with E-state index in [1.807, 2.05) is 6.92 Å². The number of nitrogens with one attached hydrogen (secondary N) is 1. The quantitative estimate of drug-likeness (QED) is 0.722. The van der Waals surface area contributed by atoms with Gasteiger partial charge >= 0.3 is 0 Å². The summed E-state index contributed by atoms with van der Waals surface area (Å²) in [6.45, 7) is 3.86. The van der Waals surface area contributed by atoms with Crippen LogP contribution in [0.5, 0.6) is 0 Å². The highest BCUT2D eigenvalue weighted by Gasteiger charge is 2.33. The fourth-order valence-corrected chi connectivity index (χ4v) is 2.73. The van der Waals surface area contributed by atoms with Gasteiger partial charge in [0.05, 0.1) is 6.04 Å². The fourth-order valence-electron chi connectivity index (χ4n) is 2.73. The first-order valence-corrected chi connectivity index (χ1v) is 6.98. The molecule has 0 spiro atoms. The SMILES string of the molecule is CC(C(=O)NC1CC1)N1CCCC1CCCN. The lowest BCUT2D eigenvalue weighted by Crippen LogP contribution is -2.47. The van der Waals surface area contributed by atoms with Gasteiger partial charge in [-0.25, -0.2) is 0 Å². The van der Waals surface area contributed by atoms with Gasteiger partial charge in [0, 0.05) is 12.1 Å². The summed E-state index contributed by atoms with van der Waals surface area (Å²) in [4.78, 5) is 14.4. The van der Waals surface area contributed by atoms with Gasteiger partial charge in [0.15, 0.2) is 0 Å². The minimum atomic E-state index is 0.0286. The third-order valence-corrected chi connectivity index (χ3v) is 3.96. The van der Waals surface area contributed by atoms with Gasteiger partial charge in [0.1, 0.15) is 0 Å². The molecule has 2 rings (SSSR count). The number of amides is 1. The molecule has 0 radical (unpaired) electrons. The minimum Gasteiger partial charge on any atom is -0.352 e. The largest absolute Gasteiger partial charge is 0.352 e. The van der Waals surface area contributed by atoms with E-state index in [9.17, 15) is 4.79 Å². The van der Waals surface area contributed by atoms with Crippen LogP contribution in [0.4, 0.5) is 0 Å². The van der Waals surface area contributed by atoms with Gasteiger partial charge < -0.3 is 11.1 Å². The second-order valence-corrected chi connectivity index (χ2v) is 5.42. The summed E-state index contributed by atoms with van der Waals surface area (Å²) in [6.07, 6.45) is 6.97. The summed E-state index contributed by atoms with van der Waals surface area (Å²) in [5.74, 6) is 0.215. The molecule has 0 bridgehead atoms. The zero-order valence-corrected chi connectivity index (χ0v) is 10.8. The normalized spacial score (nSPS) is 27.1. The minimum absolute atomic E-state index is 0.0286. The molecule has 3 N–H and O–H groups in total. The summed E-state index contributed by atoms with van der Waals surface area (Å²) >= 11 is 0. The van der Waals surface area contributed by atoms with Gasteiger partial charge in [-0.1, -0.05) is 0 Å². The predicted molar refractivity (Wildman–Crippen MR) is 68.6 cm³/mol. The van der Waals surface area contributed by atoms with E-state index in [4.69, 9.17) is 5.73 Å². The van der Waals surface area contributed by atoms with E-state index in [-0.39, 0.29) is 11.9 Å². The summed E-state index contributed by atoms with van der Waals surface area (Å²) < 4.78 is 0. The molecule has 2 atom stereocenters. The van der Waals surface area contributed by atoms with Crippen LogP contribution in [0.25, 0.3) is 0 Å². The van der Waals surface area contributed by atoms with Crippen molar-refractivity contribution in [3.63, 3.8) is 0 Å². The van der Waals surface area contributed by atoms with E-state index < -0.39 is 0 Å². The van der Waals surface area contributed by atoms with E-state index >= 15 is 0 Å². The molecular weight excluding hydrogens is 214 g/mol. The van der Waals surface area contributed by atoms with Crippen LogP contribution in [0.2, 0.25) is 0 Å². The molecule has 2 aliphatic rings. The van der Waals surface area contributed by atoms with Crippen molar-refractivity contribution in [3.05, 3.63) is 0 Å². The van der Waals surface area contributed by atoms with Crippen molar-refractivity contribution in [1.82, 2.24) is 10.2 Å². The molecule has 1 aliphatic heterocycles. The standard InChI is InChI=1S/C13H25N3O/c1-10(13(17)15-11-6-7-11)16-9-3-5-12(16)4-2-8-14/h10-12H,2-9,14H2,1H3,(H,15,17). The molecule has 0 aromatic heterocycles. The van der Waals surface area contributed by atoms with Crippen LogP contribution in [-0.2, 0) is 4.79 Å². The van der Waals surface area contributed by atoms with Gasteiger partial charge in [-0.3, -0.25) is 9.69 Å². The monoisotopic (exact) mass is 239 g/mol. The zero-order chi connectivity index (χ0) is 12.3. The zero-order valence-electron chi connectivity index (χ0n) is 10.8. The second kappa shape index (κ2) is 5.83. The number of likely N-dealkylation sites (tertiary alicyclic amines) is 1. The first-order chi connectivity index (χ1) is 8.22. The van der Waals surface area contributed by atoms with Crippen molar-refractivity contribution in [2.75, 3.05) is 13.1 Å². The number of carbonyl (C=O) groups is 1. The fraction of sp³-hybridized carbons (Fsp3) is 0.923. The van der Waals surface area contributed by atoms with Crippen LogP contribution in [0.15, 0.2) is 0 Å². The third kappa shape index (κ3) is 3.42. The first-order valence-electron chi connectivity index (χ1n) is 6.98. The Hall–Kier alpha value is -0.610. The molecule has 1 aliphatic carbocycles. The highest BCUT2D eigenvalue weighted by molar-refractivity contribution is 5.81. The van der Waals surface area contributed by atoms with E-state index in [1.165, 1.54) is 12.8 Å². The van der Waals surface area contributed by atoms with Gasteiger partial charge in [-0.2, -0.15) is 0 Å². The second-order valence-electron chi connectivity index (χ2n) is 5.42. The Labute approximate surface area is 104 Å². The number of rotatable bonds is 6. The Morgan fingerprint density at radius 3 is 2.88 bits per heavy atom. The van der Waals surface area contributed by atoms with Crippen LogP contribution in [0.1, 0.15) is 45.4 Å². The van der Waals surface area contributed by atoms with E-state index in [0.717, 1.165) is 38.8 Å². The van der Waals surface area contributed by atoms with Crippen LogP contribution < -0.4 is 11.1 Å². The number of nitrogens with zero attached hydrogens (tertiary/aromatic N) is 1. The molecule has 98 valence electrons. The molecule has 1 saturated heterocycles. The smallest absolute Gasteiger partial charge is 0.237 e. The lowest BCUT2D eigenvalue weighted by molar-refractivity contribution is -0.126. The highest BCUT2D eigenvalue weighted by Crippen LogP contribution is 2.25. The Morgan fingerprint density at radius 2 is 2.24 bits per heavy atom. The molecule has 0 aromatic rings. The van der Waals surface area contributed by atoms with Crippen molar-refractivity contribution in [2.24, 2.45) is 5.73 Å². The lowest BCUT2D eigenvalue weighted by atomic mass is 10.1. The van der Waals surface area contributed by atoms with Gasteiger partial charge in [0.2, 0.25) is 5.91 Å². The lowest BCUT2D eigenvalue weighted by Gasteiger charge is -2.29. The van der Waals surface area contributed by atoms with Crippen LogP contribution in [0, 0.1) is 0 Å². The van der Waals surface area contributed by atoms with Gasteiger partial charge in [-0.05, 0) is 58.5 Å². The first kappa shape index (κ1) is 12.8. The molecule has 2 fully saturated rings. The number of hydrogen-bond acceptors (Lipinski definition) is 3. The molecule has 1 heterocycles. The maximum absolute atomic E-state index is 12.0. The maximum atomic E-state index is 12.0. The molecule has 0 aromatic carbocycles. The molecule has 1 saturated carbocycles. The van der Waals surface area contributed by atoms with Crippen LogP contribution in [0.3, 0.4) is 0 Å². The molecule has 4 nitrogen and oxygen atoms in total. The van der Waals surface area contributed by atoms with E-state index in [2.05, 4.69) is 10.2 Å². The van der Waals surface area contributed by atoms with Gasteiger partial charge in [0.25, 0.3) is 0 Å². The topological polar surface area (TPSA) is 58.4 Å². The predicted octanol–water partition coefficient (Wildman–Crippen LogP) is 0.857. The van der Waals surface area contributed by atoms with E-state index in [0.29, 0.717) is 12.1 Å². The summed E-state index contributed by atoms with van der Waals surface area (Å²) in [7, 11) is 0. The number of nitrogens with two attached hydrogens (primary N) is 1. The molecule has 4 heteroatoms. The van der Waals surface area contributed by atoms with Crippen LogP contribution >= 0.6 is 0 Å². The average molecular weight is 239 g/mol. The maximum Gasteiger partial charge on any atom is 0.237 e. The van der Waals surface area contributed by atoms with Gasteiger partial charge in [-0.15, -0.1) is 0 Å². The summed E-state index contributed by atoms with van der Waals surface area (Å²) in [6, 6.07) is 1.06. The highest BCUT2D eigenvalue weighted by atomic mass is 16.2. The van der Waals surface area contributed by atoms with Crippen LogP contribution in [-0.4, -0.2) is 42.0 Å². The Kier molecular flexibility index (Phi) is 4.40. The Balaban J connectivity index is 1.82. The van der Waals surface area contributed by atoms with E-state index in [1.54, 1.807) is 0 Å². The average Bonchev–Trinajstić information content (AvgIpc) is 3.01. The molecule has 17 heavy (non-hydrogen) atoms. The van der Waals surface area contributed by atoms with Crippen molar-refractivity contribution < 1.29 is 4.79 Å². The van der Waals surface area contributed by atoms with Crippen molar-refractivity contribution in [3.8, 4) is 0 Å². The third-order valence-electron chi connectivity index (χ3n) is 3.96. The molecule has 2 unspecified atom stereocenters. The van der Waals surface area contributed by atoms with Crippen molar-refractivity contribution >= 4 is 5.91 Å². The summed E-state index contributed by atoms with van der Waals surface area (Å²) in [5.41, 5.74) is 5.56. The summed E-state index contributed by atoms with van der Waals surface area (Å²) in [5, 5.41) is 3.10.